The number of nitrogens with one attached hydrogen (secondary N) is 2. The van der Waals surface area contributed by atoms with Crippen LogP contribution in [0.2, 0.25) is 0 Å². The van der Waals surface area contributed by atoms with Crippen molar-refractivity contribution < 1.29 is 23.9 Å². The lowest BCUT2D eigenvalue weighted by atomic mass is 9.95. The van der Waals surface area contributed by atoms with Gasteiger partial charge in [0.25, 0.3) is 0 Å². The van der Waals surface area contributed by atoms with E-state index >= 15 is 0 Å². The summed E-state index contributed by atoms with van der Waals surface area (Å²) in [6.45, 7) is 10.9. The number of hydrogen-bond acceptors (Lipinski definition) is 5. The van der Waals surface area contributed by atoms with E-state index in [-0.39, 0.29) is 24.1 Å². The topological polar surface area (TPSA) is 108 Å². The first-order chi connectivity index (χ1) is 22.0. The van der Waals surface area contributed by atoms with Crippen molar-refractivity contribution in [2.75, 3.05) is 21.1 Å². The Morgan fingerprint density at radius 3 is 2.00 bits per heavy atom. The van der Waals surface area contributed by atoms with Crippen LogP contribution in [0.5, 0.6) is 0 Å². The van der Waals surface area contributed by atoms with Crippen LogP contribution in [0.3, 0.4) is 0 Å². The molecule has 0 aromatic heterocycles. The number of rotatable bonds is 12. The number of hydrogen-bond donors (Lipinski definition) is 2. The van der Waals surface area contributed by atoms with Gasteiger partial charge < -0.3 is 25.2 Å². The van der Waals surface area contributed by atoms with Crippen LogP contribution in [-0.2, 0) is 32.0 Å². The maximum absolute atomic E-state index is 14.3. The number of nitrogens with zero attached hydrogens (tertiary/aromatic N) is 2. The van der Waals surface area contributed by atoms with E-state index < -0.39 is 29.3 Å². The van der Waals surface area contributed by atoms with Crippen molar-refractivity contribution in [1.82, 2.24) is 20.4 Å². The van der Waals surface area contributed by atoms with E-state index in [0.29, 0.717) is 12.8 Å². The van der Waals surface area contributed by atoms with E-state index in [1.165, 1.54) is 15.9 Å². The van der Waals surface area contributed by atoms with Crippen molar-refractivity contribution in [3.8, 4) is 0 Å². The number of carbonyl (C=O) groups is 4. The van der Waals surface area contributed by atoms with Gasteiger partial charge in [0.15, 0.2) is 0 Å². The van der Waals surface area contributed by atoms with Crippen molar-refractivity contribution in [2.24, 2.45) is 0 Å². The van der Waals surface area contributed by atoms with Crippen molar-refractivity contribution in [1.29, 1.82) is 0 Å². The predicted molar refractivity (Wildman–Crippen MR) is 187 cm³/mol. The Morgan fingerprint density at radius 1 is 0.787 bits per heavy atom. The van der Waals surface area contributed by atoms with Gasteiger partial charge in [-0.05, 0) is 69.9 Å². The van der Waals surface area contributed by atoms with Crippen LogP contribution >= 0.6 is 0 Å². The Bertz CT molecular complexity index is 1590. The molecular weight excluding hydrogens is 592 g/mol. The lowest BCUT2D eigenvalue weighted by molar-refractivity contribution is -0.146. The molecule has 0 spiro atoms. The molecule has 3 aromatic rings. The lowest BCUT2D eigenvalue weighted by Crippen LogP contribution is -2.55. The second-order valence-corrected chi connectivity index (χ2v) is 13.8. The van der Waals surface area contributed by atoms with Gasteiger partial charge in [-0.3, -0.25) is 14.4 Å². The predicted octanol–water partition coefficient (Wildman–Crippen LogP) is 5.66. The molecule has 2 atom stereocenters. The Morgan fingerprint density at radius 2 is 1.38 bits per heavy atom. The number of fused-ring (bicyclic) bond motifs is 1. The molecule has 0 aliphatic heterocycles. The van der Waals surface area contributed by atoms with Gasteiger partial charge in [0.05, 0.1) is 0 Å². The SMILES string of the molecule is CNC(=O)C(Cc1ccccc1)N(C)C(=O)C(Cc1ccc2ccccc2c1)N(C)C(=O)C=C(C)CC(C)(C)NC(=O)OC(C)(C)C. The number of amides is 4. The monoisotopic (exact) mass is 642 g/mol. The van der Waals surface area contributed by atoms with E-state index in [1.54, 1.807) is 41.9 Å². The second kappa shape index (κ2) is 15.8. The molecule has 47 heavy (non-hydrogen) atoms. The third-order valence-electron chi connectivity index (χ3n) is 7.91. The minimum Gasteiger partial charge on any atom is -0.444 e. The minimum absolute atomic E-state index is 0.251. The third-order valence-corrected chi connectivity index (χ3v) is 7.91. The largest absolute Gasteiger partial charge is 0.444 e. The first kappa shape index (κ1) is 36.8. The molecule has 4 amide bonds. The van der Waals surface area contributed by atoms with Crippen molar-refractivity contribution in [3.05, 3.63) is 95.6 Å². The number of likely N-dealkylation sites (N-methyl/N-ethyl adjacent to an activating group) is 3. The molecule has 0 fully saturated rings. The molecule has 2 N–H and O–H groups in total. The highest BCUT2D eigenvalue weighted by Crippen LogP contribution is 2.22. The van der Waals surface area contributed by atoms with Gasteiger partial charge in [0.1, 0.15) is 17.7 Å². The summed E-state index contributed by atoms with van der Waals surface area (Å²) in [5.74, 6) is -1.00. The first-order valence-electron chi connectivity index (χ1n) is 15.9. The van der Waals surface area contributed by atoms with Crippen LogP contribution in [0.25, 0.3) is 10.8 Å². The molecule has 0 aliphatic rings. The standard InChI is InChI=1S/C38H50N4O5/c1-26(25-38(5,6)40-36(46)47-37(2,3)4)21-33(43)41(8)32(24-28-19-20-29-17-13-14-18-30(29)22-28)35(45)42(9)31(34(44)39-7)23-27-15-11-10-12-16-27/h10-22,31-32H,23-25H2,1-9H3,(H,39,44)(H,40,46). The number of carbonyl (C=O) groups excluding carboxylic acids is 4. The van der Waals surface area contributed by atoms with Gasteiger partial charge >= 0.3 is 6.09 Å². The highest BCUT2D eigenvalue weighted by molar-refractivity contribution is 5.95. The molecule has 0 saturated heterocycles. The van der Waals surface area contributed by atoms with Crippen LogP contribution in [0.15, 0.2) is 84.4 Å². The molecule has 9 nitrogen and oxygen atoms in total. The lowest BCUT2D eigenvalue weighted by Gasteiger charge is -2.34. The summed E-state index contributed by atoms with van der Waals surface area (Å²) in [5, 5.41) is 7.67. The van der Waals surface area contributed by atoms with Crippen LogP contribution in [0, 0.1) is 0 Å². The highest BCUT2D eigenvalue weighted by atomic mass is 16.6. The fourth-order valence-electron chi connectivity index (χ4n) is 5.62. The summed E-state index contributed by atoms with van der Waals surface area (Å²) < 4.78 is 5.40. The first-order valence-corrected chi connectivity index (χ1v) is 15.9. The molecule has 0 saturated carbocycles. The van der Waals surface area contributed by atoms with Gasteiger partial charge in [-0.25, -0.2) is 4.79 Å². The van der Waals surface area contributed by atoms with Gasteiger partial charge in [-0.2, -0.15) is 0 Å². The zero-order valence-corrected chi connectivity index (χ0v) is 29.2. The Kier molecular flexibility index (Phi) is 12.3. The van der Waals surface area contributed by atoms with Gasteiger partial charge in [-0.1, -0.05) is 78.4 Å². The summed E-state index contributed by atoms with van der Waals surface area (Å²) in [6.07, 6.45) is 1.91. The average Bonchev–Trinajstić information content (AvgIpc) is 2.99. The fourth-order valence-corrected chi connectivity index (χ4v) is 5.62. The Hall–Kier alpha value is -4.66. The summed E-state index contributed by atoms with van der Waals surface area (Å²) in [4.78, 5) is 56.5. The molecule has 252 valence electrons. The van der Waals surface area contributed by atoms with Crippen molar-refractivity contribution >= 4 is 34.6 Å². The molecule has 0 bridgehead atoms. The molecule has 0 radical (unpaired) electrons. The summed E-state index contributed by atoms with van der Waals surface area (Å²) in [7, 11) is 4.77. The molecule has 3 aromatic carbocycles. The molecule has 9 heteroatoms. The van der Waals surface area contributed by atoms with Gasteiger partial charge in [-0.15, -0.1) is 0 Å². The van der Waals surface area contributed by atoms with Crippen molar-refractivity contribution in [2.45, 2.75) is 84.0 Å². The van der Waals surface area contributed by atoms with E-state index in [2.05, 4.69) is 10.6 Å². The third kappa shape index (κ3) is 11.0. The van der Waals surface area contributed by atoms with Crippen LogP contribution in [-0.4, -0.2) is 78.0 Å². The van der Waals surface area contributed by atoms with Crippen LogP contribution in [0.4, 0.5) is 4.79 Å². The van der Waals surface area contributed by atoms with E-state index in [1.807, 2.05) is 93.6 Å². The van der Waals surface area contributed by atoms with Gasteiger partial charge in [0, 0.05) is 45.6 Å². The number of alkyl carbamates (subject to hydrolysis) is 1. The van der Waals surface area contributed by atoms with Crippen LogP contribution in [0.1, 0.15) is 59.1 Å². The maximum Gasteiger partial charge on any atom is 0.408 e. The zero-order valence-electron chi connectivity index (χ0n) is 29.2. The van der Waals surface area contributed by atoms with Gasteiger partial charge in [0.2, 0.25) is 17.7 Å². The maximum atomic E-state index is 14.3. The molecule has 0 heterocycles. The average molecular weight is 643 g/mol. The summed E-state index contributed by atoms with van der Waals surface area (Å²) in [6, 6.07) is 21.8. The summed E-state index contributed by atoms with van der Waals surface area (Å²) >= 11 is 0. The molecule has 3 rings (SSSR count). The normalized spacial score (nSPS) is 13.3. The number of ether oxygens (including phenoxy) is 1. The molecule has 2 unspecified atom stereocenters. The zero-order chi connectivity index (χ0) is 34.9. The van der Waals surface area contributed by atoms with E-state index in [0.717, 1.165) is 27.5 Å². The molecule has 0 aliphatic carbocycles. The van der Waals surface area contributed by atoms with Crippen molar-refractivity contribution in [3.63, 3.8) is 0 Å². The number of benzene rings is 3. The fraction of sp³-hybridized carbons (Fsp3) is 0.421. The Labute approximate surface area is 279 Å². The quantitative estimate of drug-likeness (QED) is 0.248. The van der Waals surface area contributed by atoms with E-state index in [9.17, 15) is 19.2 Å². The van der Waals surface area contributed by atoms with Crippen LogP contribution < -0.4 is 10.6 Å². The smallest absolute Gasteiger partial charge is 0.408 e. The summed E-state index contributed by atoms with van der Waals surface area (Å²) in [5.41, 5.74) is 1.19. The minimum atomic E-state index is -0.895. The second-order valence-electron chi connectivity index (χ2n) is 13.8. The highest BCUT2D eigenvalue weighted by Gasteiger charge is 2.35. The molecular formula is C38H50N4O5. The van der Waals surface area contributed by atoms with E-state index in [4.69, 9.17) is 4.74 Å². The Balaban J connectivity index is 1.91.